The first-order valence-electron chi connectivity index (χ1n) is 5.58. The zero-order valence-corrected chi connectivity index (χ0v) is 10.7. The molecule has 0 unspecified atom stereocenters. The van der Waals surface area contributed by atoms with Gasteiger partial charge in [0.25, 0.3) is 0 Å². The van der Waals surface area contributed by atoms with Gasteiger partial charge >= 0.3 is 5.69 Å². The van der Waals surface area contributed by atoms with Crippen molar-refractivity contribution in [3.8, 4) is 0 Å². The Morgan fingerprint density at radius 1 is 1.47 bits per heavy atom. The number of hydrazine groups is 1. The van der Waals surface area contributed by atoms with E-state index in [2.05, 4.69) is 5.43 Å². The van der Waals surface area contributed by atoms with Crippen molar-refractivity contribution in [2.75, 3.05) is 0 Å². The minimum atomic E-state index is -0.720. The molecule has 0 saturated heterocycles. The van der Waals surface area contributed by atoms with Crippen molar-refractivity contribution in [2.45, 2.75) is 40.3 Å². The highest BCUT2D eigenvalue weighted by Gasteiger charge is 2.28. The monoisotopic (exact) mass is 240 g/mol. The Hall–Kier alpha value is -1.56. The van der Waals surface area contributed by atoms with Crippen molar-refractivity contribution in [1.82, 2.24) is 14.6 Å². The van der Waals surface area contributed by atoms with Crippen LogP contribution in [0.5, 0.6) is 0 Å². The summed E-state index contributed by atoms with van der Waals surface area (Å²) in [5.41, 5.74) is 1.28. The van der Waals surface area contributed by atoms with E-state index >= 15 is 0 Å². The highest BCUT2D eigenvalue weighted by Crippen LogP contribution is 2.17. The van der Waals surface area contributed by atoms with Gasteiger partial charge in [-0.15, -0.1) is 0 Å². The van der Waals surface area contributed by atoms with Gasteiger partial charge in [0.15, 0.2) is 0 Å². The second kappa shape index (κ2) is 4.75. The number of aromatic nitrogens is 2. The maximum absolute atomic E-state index is 12.0. The van der Waals surface area contributed by atoms with Gasteiger partial charge in [-0.1, -0.05) is 0 Å². The van der Waals surface area contributed by atoms with Crippen LogP contribution < -0.4 is 17.0 Å². The zero-order chi connectivity index (χ0) is 13.2. The lowest BCUT2D eigenvalue weighted by molar-refractivity contribution is -0.130. The van der Waals surface area contributed by atoms with E-state index in [-0.39, 0.29) is 17.6 Å². The fraction of sp³-hybridized carbons (Fsp3) is 0.636. The average Bonchev–Trinajstić information content (AvgIpc) is 2.58. The van der Waals surface area contributed by atoms with E-state index in [0.717, 1.165) is 0 Å². The van der Waals surface area contributed by atoms with Gasteiger partial charge in [0, 0.05) is 25.0 Å². The molecule has 0 fully saturated rings. The van der Waals surface area contributed by atoms with Crippen molar-refractivity contribution in [3.05, 3.63) is 22.9 Å². The quantitative estimate of drug-likeness (QED) is 0.449. The Bertz CT molecular complexity index is 456. The van der Waals surface area contributed by atoms with Gasteiger partial charge in [-0.2, -0.15) is 0 Å². The average molecular weight is 240 g/mol. The molecule has 0 radical (unpaired) electrons. The Morgan fingerprint density at radius 2 is 2.06 bits per heavy atom. The van der Waals surface area contributed by atoms with Crippen LogP contribution in [-0.4, -0.2) is 15.0 Å². The number of hydrogen-bond acceptors (Lipinski definition) is 3. The van der Waals surface area contributed by atoms with Crippen LogP contribution in [0, 0.1) is 5.41 Å². The highest BCUT2D eigenvalue weighted by atomic mass is 16.2. The first-order chi connectivity index (χ1) is 7.79. The molecule has 1 aromatic rings. The second-order valence-corrected chi connectivity index (χ2v) is 5.07. The van der Waals surface area contributed by atoms with Crippen LogP contribution in [0.3, 0.4) is 0 Å². The molecule has 1 rings (SSSR count). The fourth-order valence-electron chi connectivity index (χ4n) is 1.63. The van der Waals surface area contributed by atoms with E-state index in [0.29, 0.717) is 6.54 Å². The Labute approximate surface area is 100 Å². The number of nitrogens with one attached hydrogen (secondary N) is 1. The summed E-state index contributed by atoms with van der Waals surface area (Å²) in [6.45, 7) is 7.66. The SMILES string of the molecule is CC(C)n1ccn(CC(C)(C)C(=O)NN)c1=O. The topological polar surface area (TPSA) is 82.1 Å². The molecule has 0 aromatic carbocycles. The van der Waals surface area contributed by atoms with Crippen molar-refractivity contribution in [3.63, 3.8) is 0 Å². The van der Waals surface area contributed by atoms with Crippen LogP contribution >= 0.6 is 0 Å². The summed E-state index contributed by atoms with van der Waals surface area (Å²) in [7, 11) is 0. The highest BCUT2D eigenvalue weighted by molar-refractivity contribution is 5.81. The van der Waals surface area contributed by atoms with Crippen molar-refractivity contribution in [1.29, 1.82) is 0 Å². The summed E-state index contributed by atoms with van der Waals surface area (Å²) in [6.07, 6.45) is 3.41. The molecule has 1 amide bonds. The predicted molar refractivity (Wildman–Crippen MR) is 65.2 cm³/mol. The van der Waals surface area contributed by atoms with Gasteiger partial charge < -0.3 is 0 Å². The number of amides is 1. The molecule has 0 aliphatic heterocycles. The third kappa shape index (κ3) is 2.76. The third-order valence-corrected chi connectivity index (χ3v) is 2.74. The molecule has 17 heavy (non-hydrogen) atoms. The van der Waals surface area contributed by atoms with E-state index < -0.39 is 5.41 Å². The first kappa shape index (κ1) is 13.5. The van der Waals surface area contributed by atoms with E-state index in [9.17, 15) is 9.59 Å². The molecular formula is C11H20N4O2. The standard InChI is InChI=1S/C11H20N4O2/c1-8(2)15-6-5-14(10(15)17)7-11(3,4)9(16)13-12/h5-6,8H,7,12H2,1-4H3,(H,13,16). The van der Waals surface area contributed by atoms with Gasteiger partial charge in [0.05, 0.1) is 5.41 Å². The minimum absolute atomic E-state index is 0.107. The number of carbonyl (C=O) groups is 1. The van der Waals surface area contributed by atoms with Crippen LogP contribution in [0.25, 0.3) is 0 Å². The Balaban J connectivity index is 2.97. The molecule has 0 aliphatic carbocycles. The van der Waals surface area contributed by atoms with Gasteiger partial charge in [-0.05, 0) is 27.7 Å². The fourth-order valence-corrected chi connectivity index (χ4v) is 1.63. The van der Waals surface area contributed by atoms with E-state index in [1.54, 1.807) is 30.8 Å². The van der Waals surface area contributed by atoms with E-state index in [1.807, 2.05) is 13.8 Å². The van der Waals surface area contributed by atoms with Crippen LogP contribution in [-0.2, 0) is 11.3 Å². The van der Waals surface area contributed by atoms with Crippen molar-refractivity contribution < 1.29 is 4.79 Å². The Morgan fingerprint density at radius 3 is 2.47 bits per heavy atom. The second-order valence-electron chi connectivity index (χ2n) is 5.07. The van der Waals surface area contributed by atoms with Crippen LogP contribution in [0.2, 0.25) is 0 Å². The molecule has 0 atom stereocenters. The number of imidazole rings is 1. The lowest BCUT2D eigenvalue weighted by Crippen LogP contribution is -2.44. The lowest BCUT2D eigenvalue weighted by Gasteiger charge is -2.22. The number of nitrogens with zero attached hydrogens (tertiary/aromatic N) is 2. The molecule has 0 aliphatic rings. The van der Waals surface area contributed by atoms with Gasteiger partial charge in [0.2, 0.25) is 5.91 Å². The van der Waals surface area contributed by atoms with Crippen LogP contribution in [0.15, 0.2) is 17.2 Å². The number of carbonyl (C=O) groups excluding carboxylic acids is 1. The number of hydrogen-bond donors (Lipinski definition) is 2. The molecule has 6 nitrogen and oxygen atoms in total. The number of rotatable bonds is 4. The van der Waals surface area contributed by atoms with Crippen LogP contribution in [0.4, 0.5) is 0 Å². The summed E-state index contributed by atoms with van der Waals surface area (Å²) < 4.78 is 3.14. The van der Waals surface area contributed by atoms with Crippen molar-refractivity contribution >= 4 is 5.91 Å². The Kier molecular flexibility index (Phi) is 3.77. The summed E-state index contributed by atoms with van der Waals surface area (Å²) in [5, 5.41) is 0. The first-order valence-corrected chi connectivity index (χ1v) is 5.58. The smallest absolute Gasteiger partial charge is 0.298 e. The maximum Gasteiger partial charge on any atom is 0.328 e. The largest absolute Gasteiger partial charge is 0.328 e. The molecule has 3 N–H and O–H groups in total. The minimum Gasteiger partial charge on any atom is -0.298 e. The van der Waals surface area contributed by atoms with E-state index in [1.165, 1.54) is 4.57 Å². The summed E-state index contributed by atoms with van der Waals surface area (Å²) in [6, 6.07) is 0.107. The van der Waals surface area contributed by atoms with Crippen LogP contribution in [0.1, 0.15) is 33.7 Å². The van der Waals surface area contributed by atoms with E-state index in [4.69, 9.17) is 5.84 Å². The van der Waals surface area contributed by atoms with Gasteiger partial charge in [-0.25, -0.2) is 10.6 Å². The summed E-state index contributed by atoms with van der Waals surface area (Å²) >= 11 is 0. The number of nitrogens with two attached hydrogens (primary N) is 1. The molecule has 1 aromatic heterocycles. The maximum atomic E-state index is 12.0. The molecule has 0 spiro atoms. The van der Waals surface area contributed by atoms with Gasteiger partial charge in [0.1, 0.15) is 0 Å². The molecule has 1 heterocycles. The molecular weight excluding hydrogens is 220 g/mol. The molecule has 96 valence electrons. The molecule has 0 saturated carbocycles. The molecule has 0 bridgehead atoms. The molecule has 6 heteroatoms. The third-order valence-electron chi connectivity index (χ3n) is 2.74. The lowest BCUT2D eigenvalue weighted by atomic mass is 9.92. The normalized spacial score (nSPS) is 11.9. The summed E-state index contributed by atoms with van der Waals surface area (Å²) in [4.78, 5) is 23.5. The summed E-state index contributed by atoms with van der Waals surface area (Å²) in [5.74, 6) is 4.82. The zero-order valence-electron chi connectivity index (χ0n) is 10.7. The van der Waals surface area contributed by atoms with Crippen molar-refractivity contribution in [2.24, 2.45) is 11.3 Å². The predicted octanol–water partition coefficient (Wildman–Crippen LogP) is 0.247. The van der Waals surface area contributed by atoms with Gasteiger partial charge in [-0.3, -0.25) is 19.4 Å².